The van der Waals surface area contributed by atoms with E-state index in [1.165, 1.54) is 6.08 Å². The lowest BCUT2D eigenvalue weighted by atomic mass is 9.89. The first-order valence-corrected chi connectivity index (χ1v) is 13.0. The second kappa shape index (κ2) is 13.8. The number of hydrogen-bond acceptors (Lipinski definition) is 8. The molecule has 0 aromatic carbocycles. The number of nitrogens with one attached hydrogen (secondary N) is 2. The smallest absolute Gasteiger partial charge is 0.326 e. The van der Waals surface area contributed by atoms with Crippen molar-refractivity contribution in [3.63, 3.8) is 0 Å². The molecular formula is C27H41N3O6. The van der Waals surface area contributed by atoms with E-state index in [1.54, 1.807) is 19.2 Å². The van der Waals surface area contributed by atoms with Crippen molar-refractivity contribution in [3.8, 4) is 0 Å². The zero-order chi connectivity index (χ0) is 26.0. The number of carbonyl (C=O) groups is 2. The molecule has 2 fully saturated rings. The zero-order valence-corrected chi connectivity index (χ0v) is 22.0. The van der Waals surface area contributed by atoms with Crippen molar-refractivity contribution in [2.45, 2.75) is 84.3 Å². The summed E-state index contributed by atoms with van der Waals surface area (Å²) < 4.78 is 16.9. The van der Waals surface area contributed by atoms with Gasteiger partial charge in [-0.15, -0.1) is 0 Å². The maximum absolute atomic E-state index is 13.2. The maximum Gasteiger partial charge on any atom is 0.326 e. The number of aromatic nitrogens is 1. The van der Waals surface area contributed by atoms with Crippen LogP contribution in [0.2, 0.25) is 0 Å². The van der Waals surface area contributed by atoms with Crippen molar-refractivity contribution < 1.29 is 28.6 Å². The molecule has 0 bridgehead atoms. The Hall–Kier alpha value is -2.33. The number of hydrogen-bond donors (Lipinski definition) is 2. The molecular weight excluding hydrogens is 462 g/mol. The predicted molar refractivity (Wildman–Crippen MR) is 135 cm³/mol. The Morgan fingerprint density at radius 1 is 1.22 bits per heavy atom. The van der Waals surface area contributed by atoms with Gasteiger partial charge in [-0.2, -0.15) is 0 Å². The van der Waals surface area contributed by atoms with Gasteiger partial charge in [-0.3, -0.25) is 19.9 Å². The molecule has 1 saturated heterocycles. The van der Waals surface area contributed by atoms with Gasteiger partial charge in [0.1, 0.15) is 11.6 Å². The van der Waals surface area contributed by atoms with Crippen LogP contribution in [-0.2, 0) is 35.2 Å². The number of pyridine rings is 1. The van der Waals surface area contributed by atoms with Crippen LogP contribution in [0.5, 0.6) is 0 Å². The number of ether oxygens (including phenoxy) is 3. The highest BCUT2D eigenvalue weighted by Crippen LogP contribution is 2.31. The molecule has 1 aliphatic carbocycles. The van der Waals surface area contributed by atoms with E-state index in [0.29, 0.717) is 56.7 Å². The van der Waals surface area contributed by atoms with E-state index in [0.717, 1.165) is 24.8 Å². The SMILES string of the molecule is CC(C)COC(C)ONC(=O)C=Cc1ccc(CNC2(C(=O)OC3CCCC3C)CCOCC2)cn1. The molecule has 1 aromatic heterocycles. The first-order valence-electron chi connectivity index (χ1n) is 13.0. The van der Waals surface area contributed by atoms with Gasteiger partial charge < -0.3 is 14.2 Å². The lowest BCUT2D eigenvalue weighted by Gasteiger charge is -2.37. The normalized spacial score (nSPS) is 22.6. The van der Waals surface area contributed by atoms with Gasteiger partial charge in [0.2, 0.25) is 0 Å². The number of carbonyl (C=O) groups excluding carboxylic acids is 2. The van der Waals surface area contributed by atoms with E-state index in [1.807, 2.05) is 26.0 Å². The summed E-state index contributed by atoms with van der Waals surface area (Å²) in [5, 5.41) is 3.45. The molecule has 1 aromatic rings. The Bertz CT molecular complexity index is 867. The van der Waals surface area contributed by atoms with Gasteiger partial charge in [0.05, 0.1) is 12.3 Å². The Labute approximate surface area is 214 Å². The minimum Gasteiger partial charge on any atom is -0.461 e. The molecule has 1 amide bonds. The van der Waals surface area contributed by atoms with E-state index >= 15 is 0 Å². The number of rotatable bonds is 12. The van der Waals surface area contributed by atoms with Gasteiger partial charge in [0.25, 0.3) is 5.91 Å². The zero-order valence-electron chi connectivity index (χ0n) is 22.0. The minimum atomic E-state index is -0.743. The van der Waals surface area contributed by atoms with Crippen molar-refractivity contribution in [1.82, 2.24) is 15.8 Å². The summed E-state index contributed by atoms with van der Waals surface area (Å²) >= 11 is 0. The summed E-state index contributed by atoms with van der Waals surface area (Å²) in [6.45, 7) is 10.0. The van der Waals surface area contributed by atoms with E-state index < -0.39 is 17.7 Å². The molecule has 200 valence electrons. The summed E-state index contributed by atoms with van der Waals surface area (Å²) in [5.41, 5.74) is 3.17. The van der Waals surface area contributed by atoms with E-state index in [-0.39, 0.29) is 12.1 Å². The Morgan fingerprint density at radius 2 is 2.00 bits per heavy atom. The van der Waals surface area contributed by atoms with Crippen LogP contribution in [-0.4, -0.2) is 54.6 Å². The third-order valence-electron chi connectivity index (χ3n) is 6.65. The fourth-order valence-corrected chi connectivity index (χ4v) is 4.32. The Morgan fingerprint density at radius 3 is 2.64 bits per heavy atom. The van der Waals surface area contributed by atoms with Crippen LogP contribution >= 0.6 is 0 Å². The van der Waals surface area contributed by atoms with Gasteiger partial charge in [0, 0.05) is 32.0 Å². The first-order chi connectivity index (χ1) is 17.3. The molecule has 36 heavy (non-hydrogen) atoms. The van der Waals surface area contributed by atoms with Crippen LogP contribution < -0.4 is 10.8 Å². The summed E-state index contributed by atoms with van der Waals surface area (Å²) in [5.74, 6) is 0.215. The number of amides is 1. The molecule has 9 nitrogen and oxygen atoms in total. The highest BCUT2D eigenvalue weighted by atomic mass is 16.8. The monoisotopic (exact) mass is 503 g/mol. The highest BCUT2D eigenvalue weighted by Gasteiger charge is 2.43. The quantitative estimate of drug-likeness (QED) is 0.193. The van der Waals surface area contributed by atoms with Crippen LogP contribution in [0.15, 0.2) is 24.4 Å². The molecule has 0 radical (unpaired) electrons. The van der Waals surface area contributed by atoms with Crippen molar-refractivity contribution in [1.29, 1.82) is 0 Å². The van der Waals surface area contributed by atoms with Crippen LogP contribution in [0.25, 0.3) is 6.08 Å². The molecule has 2 N–H and O–H groups in total. The number of esters is 1. The van der Waals surface area contributed by atoms with Crippen LogP contribution in [0.1, 0.15) is 71.1 Å². The van der Waals surface area contributed by atoms with Crippen molar-refractivity contribution in [2.75, 3.05) is 19.8 Å². The average molecular weight is 504 g/mol. The lowest BCUT2D eigenvalue weighted by molar-refractivity contribution is -0.180. The molecule has 1 aliphatic heterocycles. The molecule has 0 spiro atoms. The topological polar surface area (TPSA) is 108 Å². The minimum absolute atomic E-state index is 0.00475. The van der Waals surface area contributed by atoms with Gasteiger partial charge >= 0.3 is 5.97 Å². The van der Waals surface area contributed by atoms with Crippen LogP contribution in [0, 0.1) is 11.8 Å². The molecule has 3 unspecified atom stereocenters. The van der Waals surface area contributed by atoms with Crippen molar-refractivity contribution in [3.05, 3.63) is 35.7 Å². The third-order valence-corrected chi connectivity index (χ3v) is 6.65. The standard InChI is InChI=1S/C27H41N3O6/c1-19(2)18-34-21(4)36-30-25(31)11-10-23-9-8-22(16-28-23)17-29-27(12-14-33-15-13-27)26(32)35-24-7-5-6-20(24)3/h8-11,16,19-21,24,29H,5-7,12-15,17-18H2,1-4H3,(H,30,31). The first kappa shape index (κ1) is 28.2. The van der Waals surface area contributed by atoms with E-state index in [4.69, 9.17) is 19.0 Å². The summed E-state index contributed by atoms with van der Waals surface area (Å²) in [6, 6.07) is 3.75. The fourth-order valence-electron chi connectivity index (χ4n) is 4.32. The largest absolute Gasteiger partial charge is 0.461 e. The van der Waals surface area contributed by atoms with E-state index in [2.05, 4.69) is 22.7 Å². The molecule has 3 rings (SSSR count). The predicted octanol–water partition coefficient (Wildman–Crippen LogP) is 3.53. The van der Waals surface area contributed by atoms with Gasteiger partial charge in [0.15, 0.2) is 6.29 Å². The van der Waals surface area contributed by atoms with Gasteiger partial charge in [-0.1, -0.05) is 26.8 Å². The molecule has 2 aliphatic rings. The lowest BCUT2D eigenvalue weighted by Crippen LogP contribution is -2.56. The molecule has 2 heterocycles. The number of nitrogens with zero attached hydrogens (tertiary/aromatic N) is 1. The molecule has 3 atom stereocenters. The second-order valence-electron chi connectivity index (χ2n) is 10.2. The summed E-state index contributed by atoms with van der Waals surface area (Å²) in [4.78, 5) is 34.7. The molecule has 1 saturated carbocycles. The maximum atomic E-state index is 13.2. The average Bonchev–Trinajstić information content (AvgIpc) is 3.28. The van der Waals surface area contributed by atoms with Crippen molar-refractivity contribution >= 4 is 18.0 Å². The van der Waals surface area contributed by atoms with Crippen LogP contribution in [0.4, 0.5) is 0 Å². The molecule has 9 heteroatoms. The highest BCUT2D eigenvalue weighted by molar-refractivity contribution is 5.90. The Balaban J connectivity index is 1.49. The number of hydroxylamine groups is 1. The van der Waals surface area contributed by atoms with E-state index in [9.17, 15) is 9.59 Å². The van der Waals surface area contributed by atoms with Crippen molar-refractivity contribution in [2.24, 2.45) is 11.8 Å². The second-order valence-corrected chi connectivity index (χ2v) is 10.2. The van der Waals surface area contributed by atoms with Gasteiger partial charge in [-0.05, 0) is 68.6 Å². The fraction of sp³-hybridized carbons (Fsp3) is 0.667. The van der Waals surface area contributed by atoms with Gasteiger partial charge in [-0.25, -0.2) is 10.3 Å². The summed E-state index contributed by atoms with van der Waals surface area (Å²) in [7, 11) is 0. The Kier molecular flexibility index (Phi) is 10.9. The van der Waals surface area contributed by atoms with Crippen LogP contribution in [0.3, 0.4) is 0 Å². The third kappa shape index (κ3) is 8.65. The summed E-state index contributed by atoms with van der Waals surface area (Å²) in [6.07, 6.45) is 8.48.